The van der Waals surface area contributed by atoms with E-state index in [4.69, 9.17) is 5.73 Å². The summed E-state index contributed by atoms with van der Waals surface area (Å²) in [6.45, 7) is 9.98. The Morgan fingerprint density at radius 3 is 2.15 bits per heavy atom. The highest BCUT2D eigenvalue weighted by Gasteiger charge is 2.25. The van der Waals surface area contributed by atoms with Gasteiger partial charge >= 0.3 is 0 Å². The minimum absolute atomic E-state index is 0.369. The molecule has 0 aromatic heterocycles. The second kappa shape index (κ2) is 6.42. The van der Waals surface area contributed by atoms with E-state index in [1.54, 1.807) is 0 Å². The van der Waals surface area contributed by atoms with Crippen LogP contribution < -0.4 is 5.73 Å². The molecule has 1 nitrogen and oxygen atoms in total. The maximum Gasteiger partial charge on any atom is -0.00207 e. The summed E-state index contributed by atoms with van der Waals surface area (Å²) in [6, 6.07) is 0. The Morgan fingerprint density at radius 1 is 1.15 bits per heavy atom. The smallest absolute Gasteiger partial charge is 0.00207 e. The van der Waals surface area contributed by atoms with Gasteiger partial charge in [-0.25, -0.2) is 0 Å². The zero-order chi connectivity index (χ0) is 10.3. The Balaban J connectivity index is 3.71. The summed E-state index contributed by atoms with van der Waals surface area (Å²) < 4.78 is 0. The van der Waals surface area contributed by atoms with E-state index in [-0.39, 0.29) is 0 Å². The lowest BCUT2D eigenvalue weighted by molar-refractivity contribution is 0.202. The first-order chi connectivity index (χ1) is 6.06. The van der Waals surface area contributed by atoms with Crippen LogP contribution in [0.4, 0.5) is 0 Å². The Bertz CT molecular complexity index is 120. The van der Waals surface area contributed by atoms with Crippen molar-refractivity contribution >= 4 is 0 Å². The van der Waals surface area contributed by atoms with Crippen molar-refractivity contribution in [1.29, 1.82) is 0 Å². The topological polar surface area (TPSA) is 26.0 Å². The number of hydrogen-bond donors (Lipinski definition) is 1. The quantitative estimate of drug-likeness (QED) is 0.603. The number of nitrogens with two attached hydrogens (primary N) is 1. The van der Waals surface area contributed by atoms with Crippen LogP contribution in [0.3, 0.4) is 0 Å². The zero-order valence-corrected chi connectivity index (χ0v) is 9.90. The van der Waals surface area contributed by atoms with Gasteiger partial charge < -0.3 is 5.73 Å². The van der Waals surface area contributed by atoms with Gasteiger partial charge in [0.1, 0.15) is 0 Å². The third kappa shape index (κ3) is 4.66. The van der Waals surface area contributed by atoms with Gasteiger partial charge in [0.25, 0.3) is 0 Å². The summed E-state index contributed by atoms with van der Waals surface area (Å²) >= 11 is 0. The van der Waals surface area contributed by atoms with Crippen molar-refractivity contribution < 1.29 is 0 Å². The largest absolute Gasteiger partial charge is 0.330 e. The molecule has 0 saturated carbocycles. The first kappa shape index (κ1) is 13.0. The molecule has 0 aliphatic rings. The van der Waals surface area contributed by atoms with Gasteiger partial charge in [-0.2, -0.15) is 0 Å². The third-order valence-electron chi connectivity index (χ3n) is 3.46. The van der Waals surface area contributed by atoms with Crippen molar-refractivity contribution in [3.8, 4) is 0 Å². The second-order valence-corrected chi connectivity index (χ2v) is 4.82. The van der Waals surface area contributed by atoms with Crippen LogP contribution in [0.5, 0.6) is 0 Å². The van der Waals surface area contributed by atoms with Crippen molar-refractivity contribution in [2.45, 2.75) is 59.8 Å². The number of rotatable bonds is 7. The van der Waals surface area contributed by atoms with E-state index in [9.17, 15) is 0 Å². The lowest BCUT2D eigenvalue weighted by Gasteiger charge is -2.32. The van der Waals surface area contributed by atoms with Gasteiger partial charge in [-0.05, 0) is 24.3 Å². The minimum Gasteiger partial charge on any atom is -0.330 e. The third-order valence-corrected chi connectivity index (χ3v) is 3.46. The van der Waals surface area contributed by atoms with Gasteiger partial charge in [0.05, 0.1) is 0 Å². The van der Waals surface area contributed by atoms with Gasteiger partial charge in [-0.15, -0.1) is 0 Å². The molecule has 0 saturated heterocycles. The molecule has 1 atom stereocenters. The molecule has 0 aliphatic carbocycles. The highest BCUT2D eigenvalue weighted by atomic mass is 14.6. The SMILES string of the molecule is CCCCCCC(C)(CN)C(C)C. The Hall–Kier alpha value is -0.0400. The lowest BCUT2D eigenvalue weighted by atomic mass is 9.75. The van der Waals surface area contributed by atoms with E-state index in [2.05, 4.69) is 27.7 Å². The molecule has 0 heterocycles. The molecule has 0 radical (unpaired) electrons. The molecule has 0 bridgehead atoms. The summed E-state index contributed by atoms with van der Waals surface area (Å²) in [5.74, 6) is 0.708. The van der Waals surface area contributed by atoms with Crippen molar-refractivity contribution in [3.63, 3.8) is 0 Å². The fourth-order valence-electron chi connectivity index (χ4n) is 1.58. The van der Waals surface area contributed by atoms with Gasteiger partial charge in [0.15, 0.2) is 0 Å². The predicted molar refractivity (Wildman–Crippen MR) is 60.8 cm³/mol. The summed E-state index contributed by atoms with van der Waals surface area (Å²) in [7, 11) is 0. The van der Waals surface area contributed by atoms with Gasteiger partial charge in [0, 0.05) is 0 Å². The average Bonchev–Trinajstić information content (AvgIpc) is 2.12. The van der Waals surface area contributed by atoms with Crippen molar-refractivity contribution in [1.82, 2.24) is 0 Å². The first-order valence-corrected chi connectivity index (χ1v) is 5.77. The Morgan fingerprint density at radius 2 is 1.77 bits per heavy atom. The molecule has 0 aromatic carbocycles. The highest BCUT2D eigenvalue weighted by Crippen LogP contribution is 2.31. The second-order valence-electron chi connectivity index (χ2n) is 4.82. The van der Waals surface area contributed by atoms with Crippen LogP contribution in [0.2, 0.25) is 0 Å². The number of unbranched alkanes of at least 4 members (excludes halogenated alkanes) is 3. The van der Waals surface area contributed by atoms with Gasteiger partial charge in [-0.3, -0.25) is 0 Å². The van der Waals surface area contributed by atoms with Crippen molar-refractivity contribution in [3.05, 3.63) is 0 Å². The van der Waals surface area contributed by atoms with E-state index in [1.165, 1.54) is 32.1 Å². The highest BCUT2D eigenvalue weighted by molar-refractivity contribution is 4.78. The van der Waals surface area contributed by atoms with Crippen LogP contribution in [0.15, 0.2) is 0 Å². The molecule has 80 valence electrons. The van der Waals surface area contributed by atoms with E-state index in [0.717, 1.165) is 6.54 Å². The molecular formula is C12H27N. The number of hydrogen-bond acceptors (Lipinski definition) is 1. The molecule has 0 aromatic rings. The molecular weight excluding hydrogens is 158 g/mol. The molecule has 2 N–H and O–H groups in total. The molecule has 13 heavy (non-hydrogen) atoms. The Labute approximate surface area is 84.1 Å². The van der Waals surface area contributed by atoms with E-state index in [0.29, 0.717) is 11.3 Å². The van der Waals surface area contributed by atoms with Gasteiger partial charge in [-0.1, -0.05) is 53.4 Å². The van der Waals surface area contributed by atoms with Gasteiger partial charge in [0.2, 0.25) is 0 Å². The van der Waals surface area contributed by atoms with E-state index >= 15 is 0 Å². The fraction of sp³-hybridized carbons (Fsp3) is 1.00. The Kier molecular flexibility index (Phi) is 6.40. The van der Waals surface area contributed by atoms with E-state index < -0.39 is 0 Å². The molecule has 0 aliphatic heterocycles. The molecule has 0 rings (SSSR count). The maximum atomic E-state index is 5.82. The summed E-state index contributed by atoms with van der Waals surface area (Å²) in [5, 5.41) is 0. The maximum absolute atomic E-state index is 5.82. The first-order valence-electron chi connectivity index (χ1n) is 5.77. The van der Waals surface area contributed by atoms with E-state index in [1.807, 2.05) is 0 Å². The van der Waals surface area contributed by atoms with Crippen LogP contribution in [0, 0.1) is 11.3 Å². The van der Waals surface area contributed by atoms with Crippen LogP contribution in [-0.4, -0.2) is 6.54 Å². The minimum atomic E-state index is 0.369. The van der Waals surface area contributed by atoms with Crippen LogP contribution in [0.1, 0.15) is 59.8 Å². The molecule has 0 amide bonds. The van der Waals surface area contributed by atoms with Crippen LogP contribution in [-0.2, 0) is 0 Å². The molecule has 0 spiro atoms. The average molecular weight is 185 g/mol. The predicted octanol–water partition coefficient (Wildman–Crippen LogP) is 3.58. The monoisotopic (exact) mass is 185 g/mol. The van der Waals surface area contributed by atoms with Crippen molar-refractivity contribution in [2.24, 2.45) is 17.1 Å². The normalized spacial score (nSPS) is 16.2. The van der Waals surface area contributed by atoms with Crippen LogP contribution >= 0.6 is 0 Å². The zero-order valence-electron chi connectivity index (χ0n) is 9.90. The summed E-state index contributed by atoms with van der Waals surface area (Å²) in [5.41, 5.74) is 6.19. The fourth-order valence-corrected chi connectivity index (χ4v) is 1.58. The van der Waals surface area contributed by atoms with Crippen LogP contribution in [0.25, 0.3) is 0 Å². The summed E-state index contributed by atoms with van der Waals surface area (Å²) in [4.78, 5) is 0. The molecule has 1 heteroatoms. The molecule has 1 unspecified atom stereocenters. The molecule has 0 fully saturated rings. The lowest BCUT2D eigenvalue weighted by Crippen LogP contribution is -2.32. The summed E-state index contributed by atoms with van der Waals surface area (Å²) in [6.07, 6.45) is 6.71. The van der Waals surface area contributed by atoms with Crippen molar-refractivity contribution in [2.75, 3.05) is 6.54 Å². The standard InChI is InChI=1S/C12H27N/c1-5-6-7-8-9-12(4,10-13)11(2)3/h11H,5-10,13H2,1-4H3.